The molecule has 0 unspecified atom stereocenters. The number of halogens is 1. The molecule has 0 aromatic heterocycles. The van der Waals surface area contributed by atoms with Crippen LogP contribution in [0.5, 0.6) is 5.75 Å². The van der Waals surface area contributed by atoms with E-state index in [2.05, 4.69) is 21.2 Å². The first-order chi connectivity index (χ1) is 13.3. The summed E-state index contributed by atoms with van der Waals surface area (Å²) in [5.41, 5.74) is 6.11. The van der Waals surface area contributed by atoms with Gasteiger partial charge in [-0.3, -0.25) is 24.6 Å². The highest BCUT2D eigenvalue weighted by atomic mass is 79.9. The van der Waals surface area contributed by atoms with Crippen molar-refractivity contribution in [1.82, 2.24) is 5.32 Å². The highest BCUT2D eigenvalue weighted by Gasteiger charge is 2.34. The first-order valence-electron chi connectivity index (χ1n) is 8.03. The van der Waals surface area contributed by atoms with Gasteiger partial charge in [-0.15, -0.1) is 0 Å². The molecule has 1 aliphatic heterocycles. The van der Waals surface area contributed by atoms with Crippen molar-refractivity contribution in [3.05, 3.63) is 64.1 Å². The maximum atomic E-state index is 12.9. The summed E-state index contributed by atoms with van der Waals surface area (Å²) in [6.07, 6.45) is 1.46. The van der Waals surface area contributed by atoms with Crippen LogP contribution in [-0.4, -0.2) is 29.4 Å². The Morgan fingerprint density at radius 3 is 2.57 bits per heavy atom. The van der Waals surface area contributed by atoms with Crippen molar-refractivity contribution in [2.45, 2.75) is 0 Å². The number of ether oxygens (including phenoxy) is 1. The fourth-order valence-electron chi connectivity index (χ4n) is 2.49. The quantitative estimate of drug-likeness (QED) is 0.405. The minimum absolute atomic E-state index is 0.0143. The number of hydrogen-bond donors (Lipinski definition) is 2. The molecule has 0 atom stereocenters. The molecule has 2 aromatic rings. The van der Waals surface area contributed by atoms with E-state index in [1.807, 2.05) is 6.07 Å². The van der Waals surface area contributed by atoms with Gasteiger partial charge in [0.05, 0.1) is 5.69 Å². The Morgan fingerprint density at radius 2 is 1.93 bits per heavy atom. The molecule has 28 heavy (non-hydrogen) atoms. The number of amides is 3. The molecule has 7 nitrogen and oxygen atoms in total. The van der Waals surface area contributed by atoms with Gasteiger partial charge in [0.1, 0.15) is 11.3 Å². The van der Waals surface area contributed by atoms with Crippen LogP contribution in [0.3, 0.4) is 0 Å². The van der Waals surface area contributed by atoms with E-state index in [-0.39, 0.29) is 17.3 Å². The second-order valence-corrected chi connectivity index (χ2v) is 7.06. The predicted molar refractivity (Wildman–Crippen MR) is 111 cm³/mol. The van der Waals surface area contributed by atoms with Crippen molar-refractivity contribution in [2.75, 3.05) is 11.5 Å². The smallest absolute Gasteiger partial charge is 0.270 e. The van der Waals surface area contributed by atoms with Gasteiger partial charge in [-0.05, 0) is 54.2 Å². The van der Waals surface area contributed by atoms with E-state index in [1.54, 1.807) is 42.5 Å². The number of nitrogens with zero attached hydrogens (tertiary/aromatic N) is 1. The number of carbonyl (C=O) groups is 3. The maximum absolute atomic E-state index is 12.9. The second-order valence-electron chi connectivity index (χ2n) is 5.76. The van der Waals surface area contributed by atoms with Crippen molar-refractivity contribution in [1.29, 1.82) is 0 Å². The topological polar surface area (TPSA) is 102 Å². The van der Waals surface area contributed by atoms with Crippen LogP contribution in [0.2, 0.25) is 0 Å². The first kappa shape index (κ1) is 19.7. The van der Waals surface area contributed by atoms with Crippen LogP contribution < -0.4 is 20.7 Å². The van der Waals surface area contributed by atoms with E-state index in [1.165, 1.54) is 11.0 Å². The zero-order valence-electron chi connectivity index (χ0n) is 14.3. The van der Waals surface area contributed by atoms with Crippen LogP contribution in [0, 0.1) is 0 Å². The monoisotopic (exact) mass is 459 g/mol. The van der Waals surface area contributed by atoms with Gasteiger partial charge < -0.3 is 10.5 Å². The van der Waals surface area contributed by atoms with Gasteiger partial charge in [-0.1, -0.05) is 34.1 Å². The third kappa shape index (κ3) is 4.44. The average Bonchev–Trinajstić information content (AvgIpc) is 2.64. The number of nitrogens with two attached hydrogens (primary N) is 1. The molecule has 0 aliphatic carbocycles. The molecule has 0 bridgehead atoms. The Bertz CT molecular complexity index is 1000. The fourth-order valence-corrected chi connectivity index (χ4v) is 3.16. The van der Waals surface area contributed by atoms with Gasteiger partial charge in [-0.2, -0.15) is 0 Å². The van der Waals surface area contributed by atoms with Crippen LogP contribution in [0.4, 0.5) is 5.69 Å². The summed E-state index contributed by atoms with van der Waals surface area (Å²) >= 11 is 8.52. The van der Waals surface area contributed by atoms with E-state index in [0.29, 0.717) is 17.0 Å². The highest BCUT2D eigenvalue weighted by molar-refractivity contribution is 9.10. The number of primary amides is 1. The van der Waals surface area contributed by atoms with Gasteiger partial charge >= 0.3 is 0 Å². The van der Waals surface area contributed by atoms with Crippen LogP contribution in [0.1, 0.15) is 5.56 Å². The van der Waals surface area contributed by atoms with E-state index < -0.39 is 17.7 Å². The van der Waals surface area contributed by atoms with Gasteiger partial charge in [0.15, 0.2) is 11.7 Å². The van der Waals surface area contributed by atoms with Gasteiger partial charge in [-0.25, -0.2) is 0 Å². The molecule has 1 fully saturated rings. The minimum atomic E-state index is -0.584. The Labute approximate surface area is 174 Å². The third-order valence-corrected chi connectivity index (χ3v) is 4.52. The third-order valence-electron chi connectivity index (χ3n) is 3.74. The van der Waals surface area contributed by atoms with E-state index in [9.17, 15) is 14.4 Å². The number of rotatable bonds is 5. The number of benzene rings is 2. The molecular weight excluding hydrogens is 446 g/mol. The molecule has 1 saturated heterocycles. The summed E-state index contributed by atoms with van der Waals surface area (Å²) in [6.45, 7) is -0.236. The molecule has 3 N–H and O–H groups in total. The summed E-state index contributed by atoms with van der Waals surface area (Å²) in [6, 6.07) is 13.5. The minimum Gasteiger partial charge on any atom is -0.484 e. The molecule has 9 heteroatoms. The number of thiocarbonyl (C=S) groups is 1. The van der Waals surface area contributed by atoms with Crippen molar-refractivity contribution in [3.8, 4) is 5.75 Å². The standard InChI is InChI=1S/C19H14BrN3O4S/c20-12-2-1-3-13(9-12)23-18(26)15(17(25)22-19(23)28)8-11-4-6-14(7-5-11)27-10-16(21)24/h1-9H,10H2,(H2,21,24)(H,22,25,28)/b15-8-. The first-order valence-corrected chi connectivity index (χ1v) is 9.23. The van der Waals surface area contributed by atoms with Crippen molar-refractivity contribution in [3.63, 3.8) is 0 Å². The lowest BCUT2D eigenvalue weighted by atomic mass is 10.1. The van der Waals surface area contributed by atoms with Crippen LogP contribution >= 0.6 is 28.1 Å². The summed E-state index contributed by atoms with van der Waals surface area (Å²) in [7, 11) is 0. The Balaban J connectivity index is 1.87. The summed E-state index contributed by atoms with van der Waals surface area (Å²) in [5.74, 6) is -1.24. The van der Waals surface area contributed by atoms with E-state index in [4.69, 9.17) is 22.7 Å². The molecular formula is C19H14BrN3O4S. The lowest BCUT2D eigenvalue weighted by Crippen LogP contribution is -2.54. The average molecular weight is 460 g/mol. The number of carbonyl (C=O) groups excluding carboxylic acids is 3. The molecule has 0 saturated carbocycles. The zero-order chi connectivity index (χ0) is 20.3. The van der Waals surface area contributed by atoms with Crippen molar-refractivity contribution < 1.29 is 19.1 Å². The number of anilines is 1. The summed E-state index contributed by atoms with van der Waals surface area (Å²) < 4.78 is 5.96. The van der Waals surface area contributed by atoms with Crippen molar-refractivity contribution in [2.24, 2.45) is 5.73 Å². The normalized spacial score (nSPS) is 15.5. The van der Waals surface area contributed by atoms with Crippen LogP contribution in [0.15, 0.2) is 58.6 Å². The van der Waals surface area contributed by atoms with Crippen molar-refractivity contribution >= 4 is 62.7 Å². The van der Waals surface area contributed by atoms with Crippen LogP contribution in [-0.2, 0) is 14.4 Å². The molecule has 0 radical (unpaired) electrons. The molecule has 1 aliphatic rings. The number of nitrogens with one attached hydrogen (secondary N) is 1. The van der Waals surface area contributed by atoms with Gasteiger partial charge in [0.2, 0.25) is 0 Å². The maximum Gasteiger partial charge on any atom is 0.270 e. The molecule has 3 rings (SSSR count). The fraction of sp³-hybridized carbons (Fsp3) is 0.0526. The second kappa shape index (κ2) is 8.32. The lowest BCUT2D eigenvalue weighted by molar-refractivity contribution is -0.122. The molecule has 1 heterocycles. The van der Waals surface area contributed by atoms with E-state index >= 15 is 0 Å². The molecule has 2 aromatic carbocycles. The Kier molecular flexibility index (Phi) is 5.86. The van der Waals surface area contributed by atoms with Gasteiger partial charge in [0, 0.05) is 4.47 Å². The largest absolute Gasteiger partial charge is 0.484 e. The molecule has 142 valence electrons. The molecule has 0 spiro atoms. The van der Waals surface area contributed by atoms with Gasteiger partial charge in [0.25, 0.3) is 17.7 Å². The predicted octanol–water partition coefficient (Wildman–Crippen LogP) is 2.14. The molecule has 3 amide bonds. The lowest BCUT2D eigenvalue weighted by Gasteiger charge is -2.29. The number of hydrogen-bond acceptors (Lipinski definition) is 5. The summed E-state index contributed by atoms with van der Waals surface area (Å²) in [5, 5.41) is 2.54. The highest BCUT2D eigenvalue weighted by Crippen LogP contribution is 2.25. The Morgan fingerprint density at radius 1 is 1.21 bits per heavy atom. The zero-order valence-corrected chi connectivity index (χ0v) is 16.7. The summed E-state index contributed by atoms with van der Waals surface area (Å²) in [4.78, 5) is 37.3. The van der Waals surface area contributed by atoms with E-state index in [0.717, 1.165) is 4.47 Å². The Hall–Kier alpha value is -3.04. The van der Waals surface area contributed by atoms with Crippen LogP contribution in [0.25, 0.3) is 6.08 Å². The SMILES string of the molecule is NC(=O)COc1ccc(/C=C2/C(=O)NC(=S)N(c3cccc(Br)c3)C2=O)cc1.